The summed E-state index contributed by atoms with van der Waals surface area (Å²) in [5.41, 5.74) is 10.2. The van der Waals surface area contributed by atoms with E-state index >= 15 is 0 Å². The Kier molecular flexibility index (Phi) is 2.53. The van der Waals surface area contributed by atoms with Gasteiger partial charge in [-0.2, -0.15) is 4.98 Å². The molecule has 1 aliphatic carbocycles. The number of aliphatic hydroxyl groups is 2. The molecule has 106 valence electrons. The smallest absolute Gasteiger partial charge is 0.351 e. The summed E-state index contributed by atoms with van der Waals surface area (Å²) in [6.45, 7) is -0.213. The van der Waals surface area contributed by atoms with Crippen LogP contribution in [0.2, 0.25) is 0 Å². The number of fused-ring (bicyclic) bond motifs is 1. The molecule has 1 aromatic heterocycles. The highest BCUT2D eigenvalue weighted by Crippen LogP contribution is 2.62. The lowest BCUT2D eigenvalue weighted by Gasteiger charge is -2.19. The van der Waals surface area contributed by atoms with Crippen LogP contribution in [-0.2, 0) is 4.74 Å². The third kappa shape index (κ3) is 1.47. The van der Waals surface area contributed by atoms with E-state index in [4.69, 9.17) is 16.0 Å². The van der Waals surface area contributed by atoms with E-state index < -0.39 is 29.2 Å². The maximum atomic E-state index is 11.7. The monoisotopic (exact) mass is 280 g/mol. The molecular formula is C10H12N6O4. The number of hydrogen-bond acceptors (Lipinski definition) is 7. The first-order valence-corrected chi connectivity index (χ1v) is 5.88. The number of hydrogen-bond donors (Lipinski definition) is 3. The highest BCUT2D eigenvalue weighted by molar-refractivity contribution is 5.33. The molecule has 1 unspecified atom stereocenters. The summed E-state index contributed by atoms with van der Waals surface area (Å²) >= 11 is 0. The van der Waals surface area contributed by atoms with E-state index in [1.54, 1.807) is 0 Å². The number of aliphatic hydroxyl groups excluding tert-OH is 1. The molecule has 20 heavy (non-hydrogen) atoms. The van der Waals surface area contributed by atoms with Crippen LogP contribution < -0.4 is 11.4 Å². The summed E-state index contributed by atoms with van der Waals surface area (Å²) in [4.78, 5) is 17.9. The predicted molar refractivity (Wildman–Crippen MR) is 65.3 cm³/mol. The van der Waals surface area contributed by atoms with E-state index in [1.807, 2.05) is 0 Å². The molecule has 0 bridgehead atoms. The summed E-state index contributed by atoms with van der Waals surface area (Å²) in [7, 11) is 0. The molecule has 0 aromatic carbocycles. The molecule has 1 aromatic rings. The number of aromatic nitrogens is 2. The van der Waals surface area contributed by atoms with Gasteiger partial charge in [-0.05, 0) is 11.6 Å². The van der Waals surface area contributed by atoms with Crippen molar-refractivity contribution in [2.75, 3.05) is 12.3 Å². The molecule has 2 heterocycles. The van der Waals surface area contributed by atoms with Crippen molar-refractivity contribution in [3.63, 3.8) is 0 Å². The molecule has 0 amide bonds. The zero-order valence-electron chi connectivity index (χ0n) is 10.2. The largest absolute Gasteiger partial charge is 0.387 e. The lowest BCUT2D eigenvalue weighted by molar-refractivity contribution is -0.0633. The van der Waals surface area contributed by atoms with Gasteiger partial charge in [0.25, 0.3) is 0 Å². The third-order valence-electron chi connectivity index (χ3n) is 3.91. The highest BCUT2D eigenvalue weighted by atomic mass is 16.6. The van der Waals surface area contributed by atoms with E-state index in [-0.39, 0.29) is 18.8 Å². The summed E-state index contributed by atoms with van der Waals surface area (Å²) < 4.78 is 6.74. The highest BCUT2D eigenvalue weighted by Gasteiger charge is 2.82. The van der Waals surface area contributed by atoms with Gasteiger partial charge in [-0.3, -0.25) is 4.57 Å². The molecule has 0 radical (unpaired) electrons. The summed E-state index contributed by atoms with van der Waals surface area (Å²) in [6, 6.07) is 1.43. The number of rotatable bonds is 3. The Morgan fingerprint density at radius 3 is 3.15 bits per heavy atom. The number of anilines is 1. The Morgan fingerprint density at radius 1 is 1.75 bits per heavy atom. The number of nitrogens with zero attached hydrogens (tertiary/aromatic N) is 5. The number of ether oxygens (including phenoxy) is 1. The lowest BCUT2D eigenvalue weighted by Crippen LogP contribution is -2.31. The van der Waals surface area contributed by atoms with E-state index in [2.05, 4.69) is 15.0 Å². The minimum absolute atomic E-state index is 0.000615. The molecule has 1 saturated carbocycles. The van der Waals surface area contributed by atoms with Crippen LogP contribution >= 0.6 is 0 Å². The molecule has 0 spiro atoms. The molecule has 10 heteroatoms. The number of azide groups is 1. The third-order valence-corrected chi connectivity index (χ3v) is 3.91. The zero-order chi connectivity index (χ0) is 14.5. The summed E-state index contributed by atoms with van der Waals surface area (Å²) in [5.74, 6) is 0.0805. The molecule has 10 nitrogen and oxygen atoms in total. The van der Waals surface area contributed by atoms with Crippen LogP contribution in [-0.4, -0.2) is 43.6 Å². The summed E-state index contributed by atoms with van der Waals surface area (Å²) in [6.07, 6.45) is -0.537. The topological polar surface area (TPSA) is 159 Å². The van der Waals surface area contributed by atoms with Crippen molar-refractivity contribution in [3.05, 3.63) is 33.2 Å². The van der Waals surface area contributed by atoms with Crippen molar-refractivity contribution in [1.82, 2.24) is 9.55 Å². The van der Waals surface area contributed by atoms with Crippen LogP contribution in [0.3, 0.4) is 0 Å². The maximum absolute atomic E-state index is 11.7. The van der Waals surface area contributed by atoms with Crippen LogP contribution in [0.4, 0.5) is 5.82 Å². The van der Waals surface area contributed by atoms with Crippen molar-refractivity contribution in [3.8, 4) is 0 Å². The predicted octanol–water partition coefficient (Wildman–Crippen LogP) is -1.10. The Bertz CT molecular complexity index is 670. The molecule has 3 rings (SSSR count). The lowest BCUT2D eigenvalue weighted by atomic mass is 10.2. The second-order valence-corrected chi connectivity index (χ2v) is 4.92. The Morgan fingerprint density at radius 2 is 2.50 bits per heavy atom. The molecular weight excluding hydrogens is 268 g/mol. The average Bonchev–Trinajstić information content (AvgIpc) is 2.69. The molecule has 1 aliphatic heterocycles. The van der Waals surface area contributed by atoms with Gasteiger partial charge in [0.1, 0.15) is 29.4 Å². The Hall–Kier alpha value is -2.13. The molecule has 4 N–H and O–H groups in total. The fourth-order valence-corrected chi connectivity index (χ4v) is 2.73. The van der Waals surface area contributed by atoms with Gasteiger partial charge >= 0.3 is 5.69 Å². The van der Waals surface area contributed by atoms with Crippen molar-refractivity contribution < 1.29 is 14.9 Å². The van der Waals surface area contributed by atoms with Gasteiger partial charge in [0, 0.05) is 17.5 Å². The van der Waals surface area contributed by atoms with Gasteiger partial charge in [-0.15, -0.1) is 0 Å². The van der Waals surface area contributed by atoms with Gasteiger partial charge in [-0.1, -0.05) is 5.11 Å². The fraction of sp³-hybridized carbons (Fsp3) is 0.600. The number of nitrogen functional groups attached to an aromatic ring is 1. The van der Waals surface area contributed by atoms with Crippen LogP contribution in [0.5, 0.6) is 0 Å². The quantitative estimate of drug-likeness (QED) is 0.362. The van der Waals surface area contributed by atoms with Gasteiger partial charge < -0.3 is 20.7 Å². The maximum Gasteiger partial charge on any atom is 0.351 e. The van der Waals surface area contributed by atoms with Crippen LogP contribution in [0.1, 0.15) is 12.6 Å². The zero-order valence-corrected chi connectivity index (χ0v) is 10.2. The van der Waals surface area contributed by atoms with Crippen LogP contribution in [0.25, 0.3) is 10.4 Å². The van der Waals surface area contributed by atoms with Gasteiger partial charge in [0.2, 0.25) is 0 Å². The minimum atomic E-state index is -1.52. The molecule has 2 fully saturated rings. The first-order chi connectivity index (χ1) is 9.44. The normalized spacial score (nSPS) is 38.1. The first-order valence-electron chi connectivity index (χ1n) is 5.88. The molecule has 1 saturated heterocycles. The molecule has 2 aliphatic rings. The molecule has 4 atom stereocenters. The Labute approximate surface area is 112 Å². The van der Waals surface area contributed by atoms with Gasteiger partial charge in [-0.25, -0.2) is 4.79 Å². The number of nitrogens with two attached hydrogens (primary N) is 1. The first kappa shape index (κ1) is 12.9. The summed E-state index contributed by atoms with van der Waals surface area (Å²) in [5, 5.41) is 23.4. The SMILES string of the molecule is [N-]=[N+]=NC[C@]12O[C@@H](n3ccc(N)nc3=O)C[C@@]1(O)C2O. The second-order valence-electron chi connectivity index (χ2n) is 4.92. The standard InChI is InChI=1S/C10H12N6O4/c11-5-1-2-16(8(18)14-5)6-3-9(19)7(17)10(9,20-6)4-13-15-12/h1-2,6-7,17,19H,3-4H2,(H2,11,14,18)/t6-,7?,9-,10-/m1/s1. The van der Waals surface area contributed by atoms with Crippen LogP contribution in [0.15, 0.2) is 22.2 Å². The van der Waals surface area contributed by atoms with Crippen molar-refractivity contribution in [2.45, 2.75) is 30.0 Å². The van der Waals surface area contributed by atoms with Gasteiger partial charge in [0.15, 0.2) is 0 Å². The van der Waals surface area contributed by atoms with Gasteiger partial charge in [0.05, 0.1) is 6.54 Å². The average molecular weight is 280 g/mol. The minimum Gasteiger partial charge on any atom is -0.387 e. The van der Waals surface area contributed by atoms with Crippen molar-refractivity contribution in [2.24, 2.45) is 5.11 Å². The van der Waals surface area contributed by atoms with E-state index in [9.17, 15) is 15.0 Å². The van der Waals surface area contributed by atoms with Crippen molar-refractivity contribution in [1.29, 1.82) is 0 Å². The van der Waals surface area contributed by atoms with Crippen LogP contribution in [0, 0.1) is 0 Å². The van der Waals surface area contributed by atoms with E-state index in [0.717, 1.165) is 0 Å². The Balaban J connectivity index is 1.90. The van der Waals surface area contributed by atoms with E-state index in [1.165, 1.54) is 16.8 Å². The van der Waals surface area contributed by atoms with Crippen molar-refractivity contribution >= 4 is 5.82 Å². The van der Waals surface area contributed by atoms with E-state index in [0.29, 0.717) is 0 Å². The fourth-order valence-electron chi connectivity index (χ4n) is 2.73. The second kappa shape index (κ2) is 3.93.